The van der Waals surface area contributed by atoms with E-state index in [1.54, 1.807) is 24.3 Å². The lowest BCUT2D eigenvalue weighted by Gasteiger charge is -2.05. The topological polar surface area (TPSA) is 44.8 Å². The van der Waals surface area contributed by atoms with Crippen molar-refractivity contribution >= 4 is 5.97 Å². The molecule has 0 aliphatic heterocycles. The lowest BCUT2D eigenvalue weighted by atomic mass is 10.2. The summed E-state index contributed by atoms with van der Waals surface area (Å²) in [7, 11) is 0. The van der Waals surface area contributed by atoms with E-state index >= 15 is 0 Å². The van der Waals surface area contributed by atoms with Crippen LogP contribution in [0.1, 0.15) is 30.6 Å². The number of hydrogen-bond acceptors (Lipinski definition) is 4. The number of rotatable bonds is 6. The van der Waals surface area contributed by atoms with Crippen molar-refractivity contribution in [3.63, 3.8) is 0 Å². The van der Waals surface area contributed by atoms with Crippen molar-refractivity contribution in [2.45, 2.75) is 20.3 Å². The van der Waals surface area contributed by atoms with Crippen LogP contribution >= 0.6 is 0 Å². The number of carbonyl (C=O) groups excluding carboxylic acids is 1. The molecule has 0 aliphatic rings. The molecule has 0 N–H and O–H groups in total. The molecule has 0 aliphatic carbocycles. The van der Waals surface area contributed by atoms with Gasteiger partial charge in [-0.2, -0.15) is 4.89 Å². The average Bonchev–Trinajstić information content (AvgIpc) is 2.30. The van der Waals surface area contributed by atoms with E-state index in [1.165, 1.54) is 0 Å². The summed E-state index contributed by atoms with van der Waals surface area (Å²) < 4.78 is 5.27. The van der Waals surface area contributed by atoms with Crippen LogP contribution in [-0.2, 0) is 9.78 Å². The van der Waals surface area contributed by atoms with E-state index in [0.717, 1.165) is 6.42 Å². The van der Waals surface area contributed by atoms with E-state index in [9.17, 15) is 4.79 Å². The first-order valence-corrected chi connectivity index (χ1v) is 5.34. The molecule has 0 fully saturated rings. The van der Waals surface area contributed by atoms with E-state index in [0.29, 0.717) is 24.5 Å². The first-order chi connectivity index (χ1) is 7.77. The average molecular weight is 224 g/mol. The highest BCUT2D eigenvalue weighted by atomic mass is 17.2. The molecule has 1 aromatic carbocycles. The van der Waals surface area contributed by atoms with Gasteiger partial charge in [-0.1, -0.05) is 13.0 Å². The Balaban J connectivity index is 2.57. The maximum atomic E-state index is 11.5. The SMILES string of the molecule is CCCOOC(=O)c1cccc(OCC)c1. The zero-order valence-corrected chi connectivity index (χ0v) is 9.56. The molecule has 0 spiro atoms. The Bertz CT molecular complexity index is 336. The van der Waals surface area contributed by atoms with Crippen molar-refractivity contribution in [2.24, 2.45) is 0 Å². The van der Waals surface area contributed by atoms with E-state index in [2.05, 4.69) is 4.89 Å². The van der Waals surface area contributed by atoms with Crippen molar-refractivity contribution in [3.8, 4) is 5.75 Å². The van der Waals surface area contributed by atoms with E-state index in [1.807, 2.05) is 13.8 Å². The van der Waals surface area contributed by atoms with Gasteiger partial charge in [0.15, 0.2) is 0 Å². The minimum Gasteiger partial charge on any atom is -0.494 e. The van der Waals surface area contributed by atoms with Gasteiger partial charge in [0, 0.05) is 0 Å². The minimum atomic E-state index is -0.505. The maximum absolute atomic E-state index is 11.5. The van der Waals surface area contributed by atoms with Crippen LogP contribution in [0.3, 0.4) is 0 Å². The largest absolute Gasteiger partial charge is 0.494 e. The van der Waals surface area contributed by atoms with Gasteiger partial charge in [0.05, 0.1) is 18.8 Å². The first kappa shape index (κ1) is 12.5. The molecular weight excluding hydrogens is 208 g/mol. The number of carbonyl (C=O) groups is 1. The third-order valence-corrected chi connectivity index (χ3v) is 1.80. The van der Waals surface area contributed by atoms with Crippen LogP contribution in [0.5, 0.6) is 5.75 Å². The second-order valence-corrected chi connectivity index (χ2v) is 3.15. The van der Waals surface area contributed by atoms with Gasteiger partial charge in [-0.25, -0.2) is 4.79 Å². The van der Waals surface area contributed by atoms with Crippen molar-refractivity contribution < 1.29 is 19.3 Å². The predicted molar refractivity (Wildman–Crippen MR) is 59.3 cm³/mol. The Kier molecular flexibility index (Phi) is 5.36. The van der Waals surface area contributed by atoms with Gasteiger partial charge in [0.2, 0.25) is 0 Å². The second kappa shape index (κ2) is 6.85. The zero-order chi connectivity index (χ0) is 11.8. The standard InChI is InChI=1S/C12H16O4/c1-3-8-15-16-12(13)10-6-5-7-11(9-10)14-4-2/h5-7,9H,3-4,8H2,1-2H3. The Morgan fingerprint density at radius 3 is 2.81 bits per heavy atom. The Morgan fingerprint density at radius 2 is 2.12 bits per heavy atom. The molecule has 4 heteroatoms. The van der Waals surface area contributed by atoms with Crippen molar-refractivity contribution in [3.05, 3.63) is 29.8 Å². The third-order valence-electron chi connectivity index (χ3n) is 1.80. The molecule has 0 aromatic heterocycles. The summed E-state index contributed by atoms with van der Waals surface area (Å²) in [6.45, 7) is 4.78. The molecule has 88 valence electrons. The molecule has 1 aromatic rings. The molecule has 0 radical (unpaired) electrons. The fourth-order valence-corrected chi connectivity index (χ4v) is 1.11. The van der Waals surface area contributed by atoms with Gasteiger partial charge in [0.1, 0.15) is 5.75 Å². The van der Waals surface area contributed by atoms with Crippen LogP contribution in [0, 0.1) is 0 Å². The van der Waals surface area contributed by atoms with E-state index in [4.69, 9.17) is 9.62 Å². The number of benzene rings is 1. The Morgan fingerprint density at radius 1 is 1.31 bits per heavy atom. The normalized spacial score (nSPS) is 9.88. The van der Waals surface area contributed by atoms with Crippen LogP contribution in [0.4, 0.5) is 0 Å². The Labute approximate surface area is 95.1 Å². The molecule has 0 saturated carbocycles. The summed E-state index contributed by atoms with van der Waals surface area (Å²) in [5.41, 5.74) is 0.419. The Hall–Kier alpha value is -1.55. The van der Waals surface area contributed by atoms with Crippen LogP contribution in [0.25, 0.3) is 0 Å². The second-order valence-electron chi connectivity index (χ2n) is 3.15. The monoisotopic (exact) mass is 224 g/mol. The lowest BCUT2D eigenvalue weighted by Crippen LogP contribution is -2.06. The quantitative estimate of drug-likeness (QED) is 0.423. The molecule has 0 heterocycles. The van der Waals surface area contributed by atoms with Crippen molar-refractivity contribution in [1.82, 2.24) is 0 Å². The molecular formula is C12H16O4. The van der Waals surface area contributed by atoms with Crippen LogP contribution in [0.15, 0.2) is 24.3 Å². The van der Waals surface area contributed by atoms with Gasteiger partial charge in [-0.3, -0.25) is 4.89 Å². The van der Waals surface area contributed by atoms with E-state index < -0.39 is 5.97 Å². The van der Waals surface area contributed by atoms with Crippen molar-refractivity contribution in [2.75, 3.05) is 13.2 Å². The van der Waals surface area contributed by atoms with Crippen molar-refractivity contribution in [1.29, 1.82) is 0 Å². The first-order valence-electron chi connectivity index (χ1n) is 5.34. The summed E-state index contributed by atoms with van der Waals surface area (Å²) in [5, 5.41) is 0. The van der Waals surface area contributed by atoms with Crippen LogP contribution < -0.4 is 4.74 Å². The van der Waals surface area contributed by atoms with Gasteiger partial charge >= 0.3 is 5.97 Å². The highest BCUT2D eigenvalue weighted by Crippen LogP contribution is 2.14. The fourth-order valence-electron chi connectivity index (χ4n) is 1.11. The summed E-state index contributed by atoms with van der Waals surface area (Å²) >= 11 is 0. The fraction of sp³-hybridized carbons (Fsp3) is 0.417. The maximum Gasteiger partial charge on any atom is 0.373 e. The molecule has 0 bridgehead atoms. The van der Waals surface area contributed by atoms with Gasteiger partial charge in [0.25, 0.3) is 0 Å². The third kappa shape index (κ3) is 3.90. The number of hydrogen-bond donors (Lipinski definition) is 0. The molecule has 0 unspecified atom stereocenters. The molecule has 0 amide bonds. The zero-order valence-electron chi connectivity index (χ0n) is 9.56. The molecule has 16 heavy (non-hydrogen) atoms. The summed E-state index contributed by atoms with van der Waals surface area (Å²) in [6, 6.07) is 6.80. The van der Waals surface area contributed by atoms with Gasteiger partial charge in [-0.15, -0.1) is 0 Å². The van der Waals surface area contributed by atoms with Gasteiger partial charge < -0.3 is 4.74 Å². The molecule has 4 nitrogen and oxygen atoms in total. The smallest absolute Gasteiger partial charge is 0.373 e. The lowest BCUT2D eigenvalue weighted by molar-refractivity contribution is -0.240. The summed E-state index contributed by atoms with van der Waals surface area (Å²) in [4.78, 5) is 20.8. The van der Waals surface area contributed by atoms with Crippen LogP contribution in [0.2, 0.25) is 0 Å². The molecule has 0 saturated heterocycles. The highest BCUT2D eigenvalue weighted by Gasteiger charge is 2.08. The van der Waals surface area contributed by atoms with E-state index in [-0.39, 0.29) is 0 Å². The van der Waals surface area contributed by atoms with Crippen LogP contribution in [-0.4, -0.2) is 19.2 Å². The molecule has 1 rings (SSSR count). The summed E-state index contributed by atoms with van der Waals surface area (Å²) in [5.74, 6) is 0.141. The molecule has 0 atom stereocenters. The summed E-state index contributed by atoms with van der Waals surface area (Å²) in [6.07, 6.45) is 0.798. The minimum absolute atomic E-state index is 0.400. The predicted octanol–water partition coefficient (Wildman–Crippen LogP) is 2.58. The number of ether oxygens (including phenoxy) is 1. The highest BCUT2D eigenvalue weighted by molar-refractivity contribution is 5.89. The van der Waals surface area contributed by atoms with Gasteiger partial charge in [-0.05, 0) is 31.5 Å².